The Bertz CT molecular complexity index is 586. The number of nitrogens with one attached hydrogen (secondary N) is 2. The number of hydrogen-bond donors (Lipinski definition) is 2. The van der Waals surface area contributed by atoms with Gasteiger partial charge >= 0.3 is 6.61 Å². The van der Waals surface area contributed by atoms with Gasteiger partial charge in [-0.2, -0.15) is 8.78 Å². The Hall–Kier alpha value is -0.960. The van der Waals surface area contributed by atoms with E-state index >= 15 is 0 Å². The lowest BCUT2D eigenvalue weighted by atomic mass is 9.96. The van der Waals surface area contributed by atoms with Crippen LogP contribution in [0.25, 0.3) is 0 Å². The predicted molar refractivity (Wildman–Crippen MR) is 81.1 cm³/mol. The Morgan fingerprint density at radius 1 is 1.36 bits per heavy atom. The molecule has 0 amide bonds. The van der Waals surface area contributed by atoms with E-state index in [4.69, 9.17) is 0 Å². The van der Waals surface area contributed by atoms with Crippen molar-refractivity contribution in [2.45, 2.75) is 30.9 Å². The van der Waals surface area contributed by atoms with Crippen molar-refractivity contribution in [1.82, 2.24) is 10.0 Å². The summed E-state index contributed by atoms with van der Waals surface area (Å²) in [6.07, 6.45) is 0.850. The topological polar surface area (TPSA) is 67.4 Å². The van der Waals surface area contributed by atoms with Crippen molar-refractivity contribution in [3.05, 3.63) is 24.3 Å². The summed E-state index contributed by atoms with van der Waals surface area (Å²) in [5.74, 6) is -0.180. The number of benzene rings is 1. The molecular weight excluding hydrogens is 338 g/mol. The van der Waals surface area contributed by atoms with Gasteiger partial charge in [-0.3, -0.25) is 0 Å². The summed E-state index contributed by atoms with van der Waals surface area (Å²) in [5, 5.41) is 3.11. The summed E-state index contributed by atoms with van der Waals surface area (Å²) >= 11 is 0. The smallest absolute Gasteiger partial charge is 0.387 e. The molecule has 5 nitrogen and oxygen atoms in total. The molecule has 126 valence electrons. The van der Waals surface area contributed by atoms with Crippen LogP contribution in [0.5, 0.6) is 5.75 Å². The first-order valence-electron chi connectivity index (χ1n) is 6.67. The first-order chi connectivity index (χ1) is 9.90. The number of halogens is 3. The van der Waals surface area contributed by atoms with E-state index in [9.17, 15) is 17.2 Å². The van der Waals surface area contributed by atoms with Crippen molar-refractivity contribution in [2.24, 2.45) is 5.92 Å². The Kier molecular flexibility index (Phi) is 6.98. The van der Waals surface area contributed by atoms with Crippen LogP contribution in [-0.4, -0.2) is 34.2 Å². The Morgan fingerprint density at radius 2 is 2.05 bits per heavy atom. The van der Waals surface area contributed by atoms with Gasteiger partial charge < -0.3 is 10.1 Å². The van der Waals surface area contributed by atoms with Gasteiger partial charge in [-0.1, -0.05) is 19.1 Å². The van der Waals surface area contributed by atoms with Crippen molar-refractivity contribution in [1.29, 1.82) is 0 Å². The van der Waals surface area contributed by atoms with Crippen LogP contribution >= 0.6 is 12.4 Å². The second-order valence-electron chi connectivity index (χ2n) is 5.02. The van der Waals surface area contributed by atoms with Gasteiger partial charge in [-0.05, 0) is 31.0 Å². The number of hydrogen-bond acceptors (Lipinski definition) is 4. The highest BCUT2D eigenvalue weighted by molar-refractivity contribution is 7.89. The molecule has 2 rings (SSSR count). The minimum absolute atomic E-state index is 0. The third kappa shape index (κ3) is 4.77. The molecule has 1 saturated heterocycles. The summed E-state index contributed by atoms with van der Waals surface area (Å²) in [6, 6.07) is 5.10. The zero-order valence-electron chi connectivity index (χ0n) is 12.0. The lowest BCUT2D eigenvalue weighted by Crippen LogP contribution is -2.50. The monoisotopic (exact) mass is 356 g/mol. The highest BCUT2D eigenvalue weighted by Crippen LogP contribution is 2.26. The maximum atomic E-state index is 12.4. The van der Waals surface area contributed by atoms with Crippen molar-refractivity contribution in [3.8, 4) is 5.75 Å². The van der Waals surface area contributed by atoms with Gasteiger partial charge in [0.15, 0.2) is 0 Å². The second kappa shape index (κ2) is 8.05. The molecular formula is C13H19ClF2N2O3S. The standard InChI is InChI=1S/C13H18F2N2O3S.ClH/c1-9-6-7-16-8-10(9)17-21(18,19)12-5-3-2-4-11(12)20-13(14)15;/h2-5,9-10,13,16-17H,6-8H2,1H3;1H. The fraction of sp³-hybridized carbons (Fsp3) is 0.538. The quantitative estimate of drug-likeness (QED) is 0.846. The van der Waals surface area contributed by atoms with Gasteiger partial charge in [0, 0.05) is 12.6 Å². The summed E-state index contributed by atoms with van der Waals surface area (Å²) in [5.41, 5.74) is 0. The van der Waals surface area contributed by atoms with E-state index in [1.807, 2.05) is 6.92 Å². The van der Waals surface area contributed by atoms with Crippen LogP contribution in [-0.2, 0) is 10.0 Å². The molecule has 1 aromatic rings. The third-order valence-electron chi connectivity index (χ3n) is 3.49. The van der Waals surface area contributed by atoms with Gasteiger partial charge in [0.2, 0.25) is 10.0 Å². The summed E-state index contributed by atoms with van der Waals surface area (Å²) in [7, 11) is -3.92. The SMILES string of the molecule is CC1CCNCC1NS(=O)(=O)c1ccccc1OC(F)F.Cl. The molecule has 22 heavy (non-hydrogen) atoms. The van der Waals surface area contributed by atoms with E-state index in [1.165, 1.54) is 24.3 Å². The summed E-state index contributed by atoms with van der Waals surface area (Å²) < 4.78 is 56.3. The highest BCUT2D eigenvalue weighted by Gasteiger charge is 2.28. The number of sulfonamides is 1. The predicted octanol–water partition coefficient (Wildman–Crippen LogP) is 1.99. The minimum Gasteiger partial charge on any atom is -0.433 e. The highest BCUT2D eigenvalue weighted by atomic mass is 35.5. The Labute approximate surface area is 134 Å². The van der Waals surface area contributed by atoms with Crippen LogP contribution in [0, 0.1) is 5.92 Å². The molecule has 0 radical (unpaired) electrons. The average molecular weight is 357 g/mol. The molecule has 9 heteroatoms. The number of alkyl halides is 2. The molecule has 0 aromatic heterocycles. The molecule has 2 unspecified atom stereocenters. The lowest BCUT2D eigenvalue weighted by Gasteiger charge is -2.30. The van der Waals surface area contributed by atoms with Gasteiger partial charge in [-0.25, -0.2) is 13.1 Å². The summed E-state index contributed by atoms with van der Waals surface area (Å²) in [4.78, 5) is -0.275. The molecule has 1 aromatic carbocycles. The zero-order valence-corrected chi connectivity index (χ0v) is 13.6. The van der Waals surface area contributed by atoms with E-state index in [0.29, 0.717) is 6.54 Å². The first-order valence-corrected chi connectivity index (χ1v) is 8.15. The molecule has 1 heterocycles. The maximum Gasteiger partial charge on any atom is 0.387 e. The molecule has 2 atom stereocenters. The number of piperidine rings is 1. The van der Waals surface area contributed by atoms with Crippen LogP contribution in [0.15, 0.2) is 29.2 Å². The van der Waals surface area contributed by atoms with E-state index in [2.05, 4.69) is 14.8 Å². The fourth-order valence-corrected chi connectivity index (χ4v) is 3.76. The molecule has 1 fully saturated rings. The van der Waals surface area contributed by atoms with Crippen molar-refractivity contribution in [3.63, 3.8) is 0 Å². The summed E-state index contributed by atoms with van der Waals surface area (Å²) in [6.45, 7) is 0.231. The van der Waals surface area contributed by atoms with Gasteiger partial charge in [-0.15, -0.1) is 12.4 Å². The maximum absolute atomic E-state index is 12.4. The zero-order chi connectivity index (χ0) is 15.5. The second-order valence-corrected chi connectivity index (χ2v) is 6.71. The number of rotatable bonds is 5. The number of para-hydroxylation sites is 1. The van der Waals surface area contributed by atoms with E-state index < -0.39 is 16.6 Å². The van der Waals surface area contributed by atoms with Crippen LogP contribution in [0.2, 0.25) is 0 Å². The third-order valence-corrected chi connectivity index (χ3v) is 5.02. The molecule has 1 aliphatic rings. The Morgan fingerprint density at radius 3 is 2.68 bits per heavy atom. The van der Waals surface area contributed by atoms with Crippen LogP contribution in [0.3, 0.4) is 0 Å². The van der Waals surface area contributed by atoms with Crippen LogP contribution < -0.4 is 14.8 Å². The average Bonchev–Trinajstić information content (AvgIpc) is 2.41. The Balaban J connectivity index is 0.00000242. The number of ether oxygens (including phenoxy) is 1. The molecule has 0 bridgehead atoms. The lowest BCUT2D eigenvalue weighted by molar-refractivity contribution is -0.0517. The normalized spacial score (nSPS) is 22.2. The van der Waals surface area contributed by atoms with Gasteiger partial charge in [0.05, 0.1) is 0 Å². The van der Waals surface area contributed by atoms with Crippen molar-refractivity contribution < 1.29 is 21.9 Å². The van der Waals surface area contributed by atoms with E-state index in [-0.39, 0.29) is 35.0 Å². The van der Waals surface area contributed by atoms with Crippen LogP contribution in [0.4, 0.5) is 8.78 Å². The molecule has 1 aliphatic heterocycles. The molecule has 2 N–H and O–H groups in total. The van der Waals surface area contributed by atoms with E-state index in [1.54, 1.807) is 0 Å². The van der Waals surface area contributed by atoms with Gasteiger partial charge in [0.25, 0.3) is 0 Å². The molecule has 0 spiro atoms. The van der Waals surface area contributed by atoms with Gasteiger partial charge in [0.1, 0.15) is 10.6 Å². The fourth-order valence-electron chi connectivity index (χ4n) is 2.28. The largest absolute Gasteiger partial charge is 0.433 e. The van der Waals surface area contributed by atoms with Crippen molar-refractivity contribution in [2.75, 3.05) is 13.1 Å². The molecule has 0 saturated carbocycles. The van der Waals surface area contributed by atoms with E-state index in [0.717, 1.165) is 13.0 Å². The first kappa shape index (κ1) is 19.1. The minimum atomic E-state index is -3.92. The van der Waals surface area contributed by atoms with Crippen molar-refractivity contribution >= 4 is 22.4 Å². The van der Waals surface area contributed by atoms with Crippen LogP contribution in [0.1, 0.15) is 13.3 Å². The molecule has 0 aliphatic carbocycles.